The van der Waals surface area contributed by atoms with Crippen LogP contribution < -0.4 is 10.9 Å². The molecular weight excluding hydrogens is 436 g/mol. The zero-order valence-electron chi connectivity index (χ0n) is 17.7. The summed E-state index contributed by atoms with van der Waals surface area (Å²) in [5.41, 5.74) is 0.192. The topological polar surface area (TPSA) is 139 Å². The largest absolute Gasteiger partial charge is 0.452 e. The molecular formula is C21H22N4O6S. The van der Waals surface area contributed by atoms with Gasteiger partial charge in [0.1, 0.15) is 0 Å². The van der Waals surface area contributed by atoms with E-state index in [0.29, 0.717) is 16.5 Å². The van der Waals surface area contributed by atoms with Crippen LogP contribution in [0.4, 0.5) is 5.69 Å². The molecule has 0 aliphatic carbocycles. The first-order chi connectivity index (χ1) is 15.1. The lowest BCUT2D eigenvalue weighted by molar-refractivity contribution is -0.152. The van der Waals surface area contributed by atoms with Gasteiger partial charge >= 0.3 is 5.97 Å². The number of esters is 1. The number of amides is 1. The van der Waals surface area contributed by atoms with E-state index < -0.39 is 28.0 Å². The van der Waals surface area contributed by atoms with Crippen molar-refractivity contribution in [3.8, 4) is 0 Å². The van der Waals surface area contributed by atoms with Crippen molar-refractivity contribution in [3.05, 3.63) is 64.6 Å². The fourth-order valence-electron chi connectivity index (χ4n) is 2.92. The molecule has 2 aromatic carbocycles. The van der Waals surface area contributed by atoms with Crippen LogP contribution in [-0.4, -0.2) is 55.0 Å². The molecule has 10 nitrogen and oxygen atoms in total. The molecule has 0 saturated heterocycles. The van der Waals surface area contributed by atoms with Crippen molar-refractivity contribution in [2.45, 2.75) is 24.3 Å². The zero-order chi connectivity index (χ0) is 23.5. The second-order valence-corrected chi connectivity index (χ2v) is 9.31. The normalized spacial score (nSPS) is 12.5. The molecule has 1 aromatic heterocycles. The molecule has 0 saturated carbocycles. The maximum Gasteiger partial charge on any atom is 0.312 e. The predicted octanol–water partition coefficient (Wildman–Crippen LogP) is 1.29. The molecule has 32 heavy (non-hydrogen) atoms. The van der Waals surface area contributed by atoms with E-state index >= 15 is 0 Å². The fourth-order valence-corrected chi connectivity index (χ4v) is 3.87. The van der Waals surface area contributed by atoms with Crippen LogP contribution in [0.15, 0.2) is 58.2 Å². The minimum Gasteiger partial charge on any atom is -0.452 e. The number of benzene rings is 2. The van der Waals surface area contributed by atoms with Gasteiger partial charge in [0.2, 0.25) is 10.0 Å². The summed E-state index contributed by atoms with van der Waals surface area (Å²) in [5.74, 6) is -1.33. The summed E-state index contributed by atoms with van der Waals surface area (Å²) in [7, 11) is -0.855. The molecule has 1 heterocycles. The Labute approximate surface area is 184 Å². The van der Waals surface area contributed by atoms with E-state index in [9.17, 15) is 22.8 Å². The van der Waals surface area contributed by atoms with Crippen molar-refractivity contribution in [2.75, 3.05) is 19.4 Å². The summed E-state index contributed by atoms with van der Waals surface area (Å²) >= 11 is 0. The van der Waals surface area contributed by atoms with Crippen LogP contribution >= 0.6 is 0 Å². The number of ether oxygens (including phenoxy) is 1. The second kappa shape index (κ2) is 9.28. The highest BCUT2D eigenvalue weighted by molar-refractivity contribution is 7.89. The van der Waals surface area contributed by atoms with Gasteiger partial charge in [0.15, 0.2) is 6.10 Å². The summed E-state index contributed by atoms with van der Waals surface area (Å²) in [6.45, 7) is 1.39. The molecule has 0 bridgehead atoms. The zero-order valence-corrected chi connectivity index (χ0v) is 18.5. The van der Waals surface area contributed by atoms with Gasteiger partial charge in [-0.2, -0.15) is 5.10 Å². The number of sulfonamides is 1. The van der Waals surface area contributed by atoms with Crippen LogP contribution in [0.5, 0.6) is 0 Å². The van der Waals surface area contributed by atoms with Crippen LogP contribution in [0.3, 0.4) is 0 Å². The summed E-state index contributed by atoms with van der Waals surface area (Å²) in [4.78, 5) is 36.7. The lowest BCUT2D eigenvalue weighted by Gasteiger charge is -2.15. The number of hydrogen-bond acceptors (Lipinski definition) is 7. The number of aromatic nitrogens is 2. The van der Waals surface area contributed by atoms with Gasteiger partial charge in [-0.05, 0) is 31.2 Å². The van der Waals surface area contributed by atoms with Crippen LogP contribution in [-0.2, 0) is 30.8 Å². The molecule has 2 N–H and O–H groups in total. The third-order valence-electron chi connectivity index (χ3n) is 4.64. The maximum atomic E-state index is 12.4. The number of carbonyl (C=O) groups is 2. The highest BCUT2D eigenvalue weighted by Crippen LogP contribution is 2.18. The minimum absolute atomic E-state index is 0.0148. The molecule has 0 unspecified atom stereocenters. The Morgan fingerprint density at radius 2 is 1.81 bits per heavy atom. The van der Waals surface area contributed by atoms with Gasteiger partial charge in [0, 0.05) is 25.2 Å². The van der Waals surface area contributed by atoms with Gasteiger partial charge in [-0.3, -0.25) is 14.4 Å². The van der Waals surface area contributed by atoms with Gasteiger partial charge < -0.3 is 10.1 Å². The Kier molecular flexibility index (Phi) is 6.70. The maximum absolute atomic E-state index is 12.4. The SMILES string of the molecule is C[C@@H](OC(=O)Cc1n[nH]c(=O)c2ccccc12)C(=O)Nc1cccc(S(=O)(=O)N(C)C)c1. The predicted molar refractivity (Wildman–Crippen MR) is 118 cm³/mol. The third-order valence-corrected chi connectivity index (χ3v) is 6.46. The number of rotatable bonds is 7. The Bertz CT molecular complexity index is 1330. The quantitative estimate of drug-likeness (QED) is 0.509. The van der Waals surface area contributed by atoms with Crippen molar-refractivity contribution in [2.24, 2.45) is 0 Å². The molecule has 1 amide bonds. The Morgan fingerprint density at radius 3 is 2.50 bits per heavy atom. The van der Waals surface area contributed by atoms with Crippen molar-refractivity contribution in [1.29, 1.82) is 0 Å². The minimum atomic E-state index is -3.67. The first-order valence-electron chi connectivity index (χ1n) is 9.59. The van der Waals surface area contributed by atoms with Crippen molar-refractivity contribution < 1.29 is 22.7 Å². The highest BCUT2D eigenvalue weighted by atomic mass is 32.2. The molecule has 3 aromatic rings. The Hall–Kier alpha value is -3.57. The monoisotopic (exact) mass is 458 g/mol. The van der Waals surface area contributed by atoms with Gasteiger partial charge in [-0.15, -0.1) is 0 Å². The van der Waals surface area contributed by atoms with Crippen molar-refractivity contribution in [3.63, 3.8) is 0 Å². The fraction of sp³-hybridized carbons (Fsp3) is 0.238. The molecule has 3 rings (SSSR count). The number of nitrogens with zero attached hydrogens (tertiary/aromatic N) is 2. The summed E-state index contributed by atoms with van der Waals surface area (Å²) in [5, 5.41) is 9.70. The molecule has 0 fully saturated rings. The number of anilines is 1. The van der Waals surface area contributed by atoms with Gasteiger partial charge in [0.05, 0.1) is 22.4 Å². The van der Waals surface area contributed by atoms with E-state index in [4.69, 9.17) is 4.74 Å². The number of aromatic amines is 1. The van der Waals surface area contributed by atoms with E-state index in [2.05, 4.69) is 15.5 Å². The summed E-state index contributed by atoms with van der Waals surface area (Å²) in [6, 6.07) is 12.5. The van der Waals surface area contributed by atoms with Crippen molar-refractivity contribution in [1.82, 2.24) is 14.5 Å². The van der Waals surface area contributed by atoms with Gasteiger partial charge in [-0.25, -0.2) is 17.8 Å². The third kappa shape index (κ3) is 5.01. The van der Waals surface area contributed by atoms with Gasteiger partial charge in [-0.1, -0.05) is 24.3 Å². The van der Waals surface area contributed by atoms with Crippen LogP contribution in [0.2, 0.25) is 0 Å². The lowest BCUT2D eigenvalue weighted by atomic mass is 10.1. The summed E-state index contributed by atoms with van der Waals surface area (Å²) in [6.07, 6.45) is -1.39. The molecule has 11 heteroatoms. The Balaban J connectivity index is 1.67. The standard InChI is InChI=1S/C21H22N4O6S/c1-13(20(27)22-14-7-6-8-15(11-14)32(29,30)25(2)3)31-19(26)12-18-16-9-4-5-10-17(16)21(28)24-23-18/h4-11,13H,12H2,1-3H3,(H,22,27)(H,24,28)/t13-/m1/s1. The van der Waals surface area contributed by atoms with Crippen LogP contribution in [0, 0.1) is 0 Å². The van der Waals surface area contributed by atoms with Crippen LogP contribution in [0.1, 0.15) is 12.6 Å². The Morgan fingerprint density at radius 1 is 1.12 bits per heavy atom. The smallest absolute Gasteiger partial charge is 0.312 e. The molecule has 1 atom stereocenters. The number of hydrogen-bond donors (Lipinski definition) is 2. The van der Waals surface area contributed by atoms with E-state index in [0.717, 1.165) is 4.31 Å². The van der Waals surface area contributed by atoms with E-state index in [-0.39, 0.29) is 22.6 Å². The molecule has 0 spiro atoms. The summed E-state index contributed by atoms with van der Waals surface area (Å²) < 4.78 is 30.8. The molecule has 0 radical (unpaired) electrons. The van der Waals surface area contributed by atoms with Crippen LogP contribution in [0.25, 0.3) is 10.8 Å². The number of nitrogens with one attached hydrogen (secondary N) is 2. The molecule has 168 valence electrons. The van der Waals surface area contributed by atoms with E-state index in [1.54, 1.807) is 24.3 Å². The number of H-pyrrole nitrogens is 1. The number of fused-ring (bicyclic) bond motifs is 1. The average molecular weight is 458 g/mol. The lowest BCUT2D eigenvalue weighted by Crippen LogP contribution is -2.31. The highest BCUT2D eigenvalue weighted by Gasteiger charge is 2.21. The molecule has 0 aliphatic rings. The first-order valence-corrected chi connectivity index (χ1v) is 11.0. The molecule has 0 aliphatic heterocycles. The van der Waals surface area contributed by atoms with Crippen molar-refractivity contribution >= 4 is 38.4 Å². The van der Waals surface area contributed by atoms with E-state index in [1.165, 1.54) is 45.3 Å². The van der Waals surface area contributed by atoms with Gasteiger partial charge in [0.25, 0.3) is 11.5 Å². The van der Waals surface area contributed by atoms with E-state index in [1.807, 2.05) is 0 Å². The average Bonchev–Trinajstić information content (AvgIpc) is 2.76. The first kappa shape index (κ1) is 23.1. The number of carbonyl (C=O) groups excluding carboxylic acids is 2. The second-order valence-electron chi connectivity index (χ2n) is 7.16.